The Bertz CT molecular complexity index is 469. The van der Waals surface area contributed by atoms with Gasteiger partial charge in [0.1, 0.15) is 11.9 Å². The fourth-order valence-corrected chi connectivity index (χ4v) is 2.42. The molecule has 0 aliphatic heterocycles. The summed E-state index contributed by atoms with van der Waals surface area (Å²) in [6.07, 6.45) is 0.659. The summed E-state index contributed by atoms with van der Waals surface area (Å²) in [6, 6.07) is 0. The van der Waals surface area contributed by atoms with Crippen LogP contribution in [0.15, 0.2) is 4.79 Å². The number of nitrogens with zero attached hydrogens (tertiary/aromatic N) is 1. The predicted molar refractivity (Wildman–Crippen MR) is 85.3 cm³/mol. The van der Waals surface area contributed by atoms with Gasteiger partial charge in [-0.15, -0.1) is 0 Å². The number of H-pyrrole nitrogens is 1. The molecule has 1 unspecified atom stereocenters. The van der Waals surface area contributed by atoms with Gasteiger partial charge in [0.25, 0.3) is 5.56 Å². The first-order valence-corrected chi connectivity index (χ1v) is 7.84. The molecule has 0 radical (unpaired) electrons. The second kappa shape index (κ2) is 7.38. The van der Waals surface area contributed by atoms with Crippen LogP contribution in [0.1, 0.15) is 52.2 Å². The predicted octanol–water partition coefficient (Wildman–Crippen LogP) is 3.31. The van der Waals surface area contributed by atoms with Crippen LogP contribution in [0.5, 0.6) is 0 Å². The minimum atomic E-state index is -0.152. The molecule has 19 heavy (non-hydrogen) atoms. The summed E-state index contributed by atoms with van der Waals surface area (Å²) < 4.78 is 6.40. The Balaban J connectivity index is 3.21. The van der Waals surface area contributed by atoms with Crippen LogP contribution in [0.4, 0.5) is 0 Å². The third-order valence-electron chi connectivity index (χ3n) is 2.77. The van der Waals surface area contributed by atoms with Gasteiger partial charge in [-0.05, 0) is 47.8 Å². The molecule has 1 atom stereocenters. The molecule has 4 nitrogen and oxygen atoms in total. The first kappa shape index (κ1) is 16.6. The topological polar surface area (TPSA) is 55.0 Å². The average molecular weight is 378 g/mol. The molecule has 0 aromatic carbocycles. The van der Waals surface area contributed by atoms with Crippen LogP contribution >= 0.6 is 22.6 Å². The van der Waals surface area contributed by atoms with Gasteiger partial charge in [0.15, 0.2) is 0 Å². The highest BCUT2D eigenvalue weighted by Gasteiger charge is 2.21. The SMILES string of the molecule is CCOC(c1nc(CC(C)C)c(I)c(=O)[nH]1)C(C)C. The van der Waals surface area contributed by atoms with E-state index in [9.17, 15) is 4.79 Å². The van der Waals surface area contributed by atoms with Gasteiger partial charge in [-0.1, -0.05) is 27.7 Å². The number of halogens is 1. The second-order valence-corrected chi connectivity index (χ2v) is 6.51. The van der Waals surface area contributed by atoms with Crippen LogP contribution in [-0.4, -0.2) is 16.6 Å². The summed E-state index contributed by atoms with van der Waals surface area (Å²) >= 11 is 2.07. The van der Waals surface area contributed by atoms with Gasteiger partial charge in [-0.25, -0.2) is 4.98 Å². The van der Waals surface area contributed by atoms with Crippen molar-refractivity contribution in [1.29, 1.82) is 0 Å². The van der Waals surface area contributed by atoms with Gasteiger partial charge in [-0.3, -0.25) is 4.79 Å². The van der Waals surface area contributed by atoms with Crippen molar-refractivity contribution in [3.8, 4) is 0 Å². The van der Waals surface area contributed by atoms with E-state index in [1.807, 2.05) is 6.92 Å². The Hall–Kier alpha value is -0.430. The van der Waals surface area contributed by atoms with E-state index in [4.69, 9.17) is 4.74 Å². The third-order valence-corrected chi connectivity index (χ3v) is 3.89. The number of aromatic nitrogens is 2. The maximum atomic E-state index is 12.0. The van der Waals surface area contributed by atoms with Crippen molar-refractivity contribution in [3.05, 3.63) is 25.4 Å². The van der Waals surface area contributed by atoms with Gasteiger partial charge in [0.05, 0.1) is 9.26 Å². The largest absolute Gasteiger partial charge is 0.370 e. The molecule has 5 heteroatoms. The Labute approximate surface area is 128 Å². The lowest BCUT2D eigenvalue weighted by Crippen LogP contribution is -2.24. The number of rotatable bonds is 6. The number of ether oxygens (including phenoxy) is 1. The summed E-state index contributed by atoms with van der Waals surface area (Å²) in [6.45, 7) is 11.0. The van der Waals surface area contributed by atoms with Crippen LogP contribution in [0.25, 0.3) is 0 Å². The molecule has 0 saturated carbocycles. The Morgan fingerprint density at radius 2 is 1.95 bits per heavy atom. The van der Waals surface area contributed by atoms with Crippen molar-refractivity contribution in [2.24, 2.45) is 11.8 Å². The molecule has 0 aliphatic carbocycles. The summed E-state index contributed by atoms with van der Waals surface area (Å²) in [5.41, 5.74) is 0.811. The standard InChI is InChI=1S/C14H23IN2O2/c1-6-19-12(9(4)5)13-16-10(7-8(2)3)11(15)14(18)17-13/h8-9,12H,6-7H2,1-5H3,(H,16,17,18). The van der Waals surface area contributed by atoms with Crippen molar-refractivity contribution in [2.75, 3.05) is 6.61 Å². The molecule has 1 aromatic heterocycles. The van der Waals surface area contributed by atoms with Crippen LogP contribution in [0.3, 0.4) is 0 Å². The molecule has 0 fully saturated rings. The number of aromatic amines is 1. The molecule has 1 aromatic rings. The first-order valence-electron chi connectivity index (χ1n) is 6.77. The fourth-order valence-electron chi connectivity index (χ4n) is 1.95. The van der Waals surface area contributed by atoms with Gasteiger partial charge < -0.3 is 9.72 Å². The smallest absolute Gasteiger partial charge is 0.264 e. The van der Waals surface area contributed by atoms with Crippen LogP contribution in [-0.2, 0) is 11.2 Å². The van der Waals surface area contributed by atoms with Crippen molar-refractivity contribution in [3.63, 3.8) is 0 Å². The molecule has 0 bridgehead atoms. The van der Waals surface area contributed by atoms with Crippen LogP contribution in [0.2, 0.25) is 0 Å². The fraction of sp³-hybridized carbons (Fsp3) is 0.714. The third kappa shape index (κ3) is 4.56. The van der Waals surface area contributed by atoms with Crippen molar-refractivity contribution in [2.45, 2.75) is 47.1 Å². The molecular weight excluding hydrogens is 355 g/mol. The summed E-state index contributed by atoms with van der Waals surface area (Å²) in [5.74, 6) is 1.40. The lowest BCUT2D eigenvalue weighted by molar-refractivity contribution is 0.0228. The summed E-state index contributed by atoms with van der Waals surface area (Å²) in [7, 11) is 0. The molecule has 0 saturated heterocycles. The minimum Gasteiger partial charge on any atom is -0.370 e. The van der Waals surface area contributed by atoms with E-state index >= 15 is 0 Å². The number of nitrogens with one attached hydrogen (secondary N) is 1. The highest BCUT2D eigenvalue weighted by atomic mass is 127. The lowest BCUT2D eigenvalue weighted by atomic mass is 10.1. The van der Waals surface area contributed by atoms with E-state index in [2.05, 4.69) is 60.3 Å². The molecule has 1 heterocycles. The first-order chi connectivity index (χ1) is 8.86. The quantitative estimate of drug-likeness (QED) is 0.773. The van der Waals surface area contributed by atoms with E-state index < -0.39 is 0 Å². The highest BCUT2D eigenvalue weighted by molar-refractivity contribution is 14.1. The Kier molecular flexibility index (Phi) is 6.46. The van der Waals surface area contributed by atoms with Crippen molar-refractivity contribution >= 4 is 22.6 Å². The van der Waals surface area contributed by atoms with E-state index in [1.165, 1.54) is 0 Å². The Morgan fingerprint density at radius 3 is 2.42 bits per heavy atom. The molecule has 0 spiro atoms. The molecule has 108 valence electrons. The number of hydrogen-bond acceptors (Lipinski definition) is 3. The average Bonchev–Trinajstić information content (AvgIpc) is 2.30. The lowest BCUT2D eigenvalue weighted by Gasteiger charge is -2.20. The molecule has 0 aliphatic rings. The normalized spacial score (nSPS) is 13.3. The zero-order chi connectivity index (χ0) is 14.6. The molecular formula is C14H23IN2O2. The zero-order valence-electron chi connectivity index (χ0n) is 12.3. The van der Waals surface area contributed by atoms with Crippen molar-refractivity contribution in [1.82, 2.24) is 9.97 Å². The summed E-state index contributed by atoms with van der Waals surface area (Å²) in [5, 5.41) is 0. The van der Waals surface area contributed by atoms with Gasteiger partial charge in [-0.2, -0.15) is 0 Å². The maximum absolute atomic E-state index is 12.0. The van der Waals surface area contributed by atoms with Gasteiger partial charge >= 0.3 is 0 Å². The van der Waals surface area contributed by atoms with Crippen molar-refractivity contribution < 1.29 is 4.74 Å². The van der Waals surface area contributed by atoms with E-state index in [1.54, 1.807) is 0 Å². The zero-order valence-corrected chi connectivity index (χ0v) is 14.4. The second-order valence-electron chi connectivity index (χ2n) is 5.43. The van der Waals surface area contributed by atoms with E-state index in [0.29, 0.717) is 21.9 Å². The van der Waals surface area contributed by atoms with Gasteiger partial charge in [0, 0.05) is 6.61 Å². The van der Waals surface area contributed by atoms with Gasteiger partial charge in [0.2, 0.25) is 0 Å². The maximum Gasteiger partial charge on any atom is 0.264 e. The van der Waals surface area contributed by atoms with E-state index in [-0.39, 0.29) is 17.6 Å². The minimum absolute atomic E-state index is 0.0633. The monoisotopic (exact) mass is 378 g/mol. The van der Waals surface area contributed by atoms with Crippen LogP contribution in [0, 0.1) is 15.4 Å². The molecule has 1 N–H and O–H groups in total. The highest BCUT2D eigenvalue weighted by Crippen LogP contribution is 2.23. The number of hydrogen-bond donors (Lipinski definition) is 1. The summed E-state index contributed by atoms with van der Waals surface area (Å²) in [4.78, 5) is 19.5. The molecule has 1 rings (SSSR count). The van der Waals surface area contributed by atoms with E-state index in [0.717, 1.165) is 12.1 Å². The molecule has 0 amide bonds. The Morgan fingerprint density at radius 1 is 1.32 bits per heavy atom. The van der Waals surface area contributed by atoms with Crippen LogP contribution < -0.4 is 5.56 Å².